The largest absolute Gasteiger partial charge is 0.403 e. The Labute approximate surface area is 184 Å². The van der Waals surface area contributed by atoms with E-state index in [1.807, 2.05) is 24.6 Å². The van der Waals surface area contributed by atoms with E-state index in [-0.39, 0.29) is 12.0 Å². The number of carbonyl (C=O) groups excluding carboxylic acids is 1. The summed E-state index contributed by atoms with van der Waals surface area (Å²) < 4.78 is 5.64. The van der Waals surface area contributed by atoms with Gasteiger partial charge in [0.05, 0.1) is 17.5 Å². The second-order valence-electron chi connectivity index (χ2n) is 7.01. The molecule has 8 nitrogen and oxygen atoms in total. The van der Waals surface area contributed by atoms with Crippen LogP contribution < -0.4 is 10.6 Å². The molecule has 4 heterocycles. The molecule has 4 rings (SSSR count). The van der Waals surface area contributed by atoms with E-state index in [9.17, 15) is 4.79 Å². The lowest BCUT2D eigenvalue weighted by Crippen LogP contribution is -2.37. The molecule has 2 aliphatic heterocycles. The maximum absolute atomic E-state index is 13.0. The molecule has 0 aromatic carbocycles. The van der Waals surface area contributed by atoms with Gasteiger partial charge >= 0.3 is 0 Å². The molecule has 2 aromatic heterocycles. The lowest BCUT2D eigenvalue weighted by Gasteiger charge is -2.26. The van der Waals surface area contributed by atoms with E-state index < -0.39 is 0 Å². The number of hydrogen-bond acceptors (Lipinski definition) is 9. The number of rotatable bonds is 6. The van der Waals surface area contributed by atoms with Crippen molar-refractivity contribution in [3.05, 3.63) is 40.8 Å². The van der Waals surface area contributed by atoms with E-state index >= 15 is 0 Å². The molecule has 0 aliphatic carbocycles. The van der Waals surface area contributed by atoms with Gasteiger partial charge < -0.3 is 19.7 Å². The third-order valence-corrected chi connectivity index (χ3v) is 6.75. The Morgan fingerprint density at radius 1 is 1.43 bits per heavy atom. The number of amides is 1. The molecule has 1 atom stereocenters. The normalized spacial score (nSPS) is 19.7. The number of aliphatic imine (C=N–C) groups is 1. The fourth-order valence-corrected chi connectivity index (χ4v) is 5.17. The number of pyridine rings is 1. The highest BCUT2D eigenvalue weighted by atomic mass is 32.2. The van der Waals surface area contributed by atoms with E-state index in [0.29, 0.717) is 23.5 Å². The van der Waals surface area contributed by atoms with Gasteiger partial charge in [0.1, 0.15) is 15.7 Å². The van der Waals surface area contributed by atoms with Crippen LogP contribution in [0, 0.1) is 0 Å². The van der Waals surface area contributed by atoms with Gasteiger partial charge in [-0.3, -0.25) is 9.79 Å². The molecule has 1 unspecified atom stereocenters. The lowest BCUT2D eigenvalue weighted by molar-refractivity contribution is 0.0805. The average Bonchev–Trinajstić information content (AvgIpc) is 3.41. The molecule has 1 amide bonds. The molecule has 1 fully saturated rings. The molecular weight excluding hydrogens is 420 g/mol. The smallest absolute Gasteiger partial charge is 0.270 e. The minimum absolute atomic E-state index is 0.0851. The van der Waals surface area contributed by atoms with Crippen molar-refractivity contribution >= 4 is 41.3 Å². The minimum atomic E-state index is -0.0851. The molecule has 0 spiro atoms. The maximum atomic E-state index is 13.0. The summed E-state index contributed by atoms with van der Waals surface area (Å²) in [5.41, 5.74) is 8.03. The monoisotopic (exact) mass is 444 g/mol. The first-order valence-corrected chi connectivity index (χ1v) is 11.7. The van der Waals surface area contributed by atoms with Crippen molar-refractivity contribution in [3.8, 4) is 10.6 Å². The van der Waals surface area contributed by atoms with Crippen molar-refractivity contribution in [1.29, 1.82) is 0 Å². The van der Waals surface area contributed by atoms with Gasteiger partial charge in [0.2, 0.25) is 0 Å². The Morgan fingerprint density at radius 3 is 3.00 bits per heavy atom. The molecule has 158 valence electrons. The SMILES string of the molecule is CN=CC(=CN)N1CCc2nc(-c3ccc(N4CCC(OSC)C4)nc3)sc2C1=O. The van der Waals surface area contributed by atoms with Gasteiger partial charge in [-0.25, -0.2) is 9.97 Å². The van der Waals surface area contributed by atoms with Crippen LogP contribution in [0.5, 0.6) is 0 Å². The third kappa shape index (κ3) is 4.07. The molecule has 2 aromatic rings. The fraction of sp³-hybridized carbons (Fsp3) is 0.400. The number of anilines is 1. The van der Waals surface area contributed by atoms with Crippen molar-refractivity contribution in [1.82, 2.24) is 14.9 Å². The topological polar surface area (TPSA) is 96.9 Å². The number of fused-ring (bicyclic) bond motifs is 1. The van der Waals surface area contributed by atoms with E-state index in [2.05, 4.69) is 14.9 Å². The van der Waals surface area contributed by atoms with Crippen LogP contribution in [-0.2, 0) is 10.6 Å². The van der Waals surface area contributed by atoms with E-state index in [1.54, 1.807) is 18.2 Å². The highest BCUT2D eigenvalue weighted by Crippen LogP contribution is 2.33. The first-order valence-electron chi connectivity index (χ1n) is 9.71. The molecule has 2 N–H and O–H groups in total. The number of aromatic nitrogens is 2. The quantitative estimate of drug-likeness (QED) is 0.540. The fourth-order valence-electron chi connectivity index (χ4n) is 3.69. The summed E-state index contributed by atoms with van der Waals surface area (Å²) in [4.78, 5) is 30.8. The zero-order valence-electron chi connectivity index (χ0n) is 16.9. The summed E-state index contributed by atoms with van der Waals surface area (Å²) in [7, 11) is 1.66. The summed E-state index contributed by atoms with van der Waals surface area (Å²) in [5, 5.41) is 0.807. The van der Waals surface area contributed by atoms with Crippen LogP contribution in [0.1, 0.15) is 21.8 Å². The van der Waals surface area contributed by atoms with Gasteiger partial charge in [-0.1, -0.05) is 0 Å². The zero-order chi connectivity index (χ0) is 21.1. The molecule has 0 bridgehead atoms. The van der Waals surface area contributed by atoms with Gasteiger partial charge in [0.25, 0.3) is 5.91 Å². The Morgan fingerprint density at radius 2 is 2.30 bits per heavy atom. The Hall–Kier alpha value is -2.43. The van der Waals surface area contributed by atoms with Crippen LogP contribution in [-0.4, -0.2) is 66.0 Å². The van der Waals surface area contributed by atoms with Gasteiger partial charge in [0.15, 0.2) is 0 Å². The number of thiazole rings is 1. The summed E-state index contributed by atoms with van der Waals surface area (Å²) in [6, 6.07) is 4.03. The Kier molecular flexibility index (Phi) is 6.35. The standard InChI is InChI=1S/C20H24N6O2S2/c1-22-11-14(9-21)26-8-6-16-18(20(26)27)30-19(24-16)13-3-4-17(23-10-13)25-7-5-15(12-25)28-29-2/h3-4,9-11,15H,5-8,12,21H2,1-2H3. The van der Waals surface area contributed by atoms with Gasteiger partial charge in [-0.2, -0.15) is 0 Å². The number of allylic oxidation sites excluding steroid dienone is 1. The van der Waals surface area contributed by atoms with Crippen LogP contribution in [0.2, 0.25) is 0 Å². The highest BCUT2D eigenvalue weighted by molar-refractivity contribution is 7.93. The molecule has 30 heavy (non-hydrogen) atoms. The second kappa shape index (κ2) is 9.15. The molecule has 0 radical (unpaired) electrons. The Bertz CT molecular complexity index is 972. The molecule has 2 aliphatic rings. The molecule has 10 heteroatoms. The summed E-state index contributed by atoms with van der Waals surface area (Å²) in [6.45, 7) is 2.32. The van der Waals surface area contributed by atoms with Crippen LogP contribution in [0.3, 0.4) is 0 Å². The van der Waals surface area contributed by atoms with Crippen molar-refractivity contribution in [2.45, 2.75) is 18.9 Å². The predicted octanol–water partition coefficient (Wildman–Crippen LogP) is 2.58. The van der Waals surface area contributed by atoms with Crippen molar-refractivity contribution in [3.63, 3.8) is 0 Å². The van der Waals surface area contributed by atoms with Gasteiger partial charge in [-0.05, 0) is 30.6 Å². The maximum Gasteiger partial charge on any atom is 0.270 e. The van der Waals surface area contributed by atoms with Crippen molar-refractivity contribution in [2.75, 3.05) is 37.8 Å². The van der Waals surface area contributed by atoms with Crippen LogP contribution in [0.4, 0.5) is 5.82 Å². The summed E-state index contributed by atoms with van der Waals surface area (Å²) in [6.07, 6.45) is 8.71. The number of nitrogens with zero attached hydrogens (tertiary/aromatic N) is 5. The Balaban J connectivity index is 1.51. The first kappa shape index (κ1) is 20.8. The highest BCUT2D eigenvalue weighted by Gasteiger charge is 2.30. The molecule has 1 saturated heterocycles. The van der Waals surface area contributed by atoms with E-state index in [4.69, 9.17) is 14.9 Å². The van der Waals surface area contributed by atoms with Crippen molar-refractivity contribution < 1.29 is 8.98 Å². The first-order chi connectivity index (χ1) is 14.6. The van der Waals surface area contributed by atoms with Gasteiger partial charge in [0, 0.05) is 63.5 Å². The zero-order valence-corrected chi connectivity index (χ0v) is 18.6. The number of carbonyl (C=O) groups is 1. The second-order valence-corrected chi connectivity index (χ2v) is 8.53. The number of hydrogen-bond donors (Lipinski definition) is 1. The van der Waals surface area contributed by atoms with Gasteiger partial charge in [-0.15, -0.1) is 11.3 Å². The molecular formula is C20H24N6O2S2. The lowest BCUT2D eigenvalue weighted by atomic mass is 10.1. The third-order valence-electron chi connectivity index (χ3n) is 5.15. The summed E-state index contributed by atoms with van der Waals surface area (Å²) in [5.74, 6) is 0.851. The molecule has 0 saturated carbocycles. The van der Waals surface area contributed by atoms with Crippen LogP contribution in [0.15, 0.2) is 35.2 Å². The minimum Gasteiger partial charge on any atom is -0.403 e. The van der Waals surface area contributed by atoms with Crippen molar-refractivity contribution in [2.24, 2.45) is 10.7 Å². The van der Waals surface area contributed by atoms with E-state index in [0.717, 1.165) is 41.6 Å². The predicted molar refractivity (Wildman–Crippen MR) is 122 cm³/mol. The van der Waals surface area contributed by atoms with E-state index in [1.165, 1.54) is 29.6 Å². The summed E-state index contributed by atoms with van der Waals surface area (Å²) >= 11 is 2.81. The number of nitrogens with two attached hydrogens (primary N) is 1. The average molecular weight is 445 g/mol. The van der Waals surface area contributed by atoms with Crippen LogP contribution in [0.25, 0.3) is 10.6 Å². The van der Waals surface area contributed by atoms with Crippen LogP contribution >= 0.6 is 23.4 Å².